The van der Waals surface area contributed by atoms with Crippen LogP contribution < -0.4 is 4.74 Å². The number of allylic oxidation sites excluding steroid dienone is 1. The van der Waals surface area contributed by atoms with Gasteiger partial charge >= 0.3 is 5.97 Å². The Balaban J connectivity index is 2.32. The minimum atomic E-state index is -0.992. The highest BCUT2D eigenvalue weighted by Crippen LogP contribution is 2.28. The van der Waals surface area contributed by atoms with Gasteiger partial charge < -0.3 is 9.84 Å². The van der Waals surface area contributed by atoms with Crippen LogP contribution in [0, 0.1) is 11.3 Å². The van der Waals surface area contributed by atoms with Crippen molar-refractivity contribution in [1.29, 1.82) is 5.26 Å². The number of halogens is 1. The lowest BCUT2D eigenvalue weighted by Gasteiger charge is -2.11. The summed E-state index contributed by atoms with van der Waals surface area (Å²) in [6.07, 6.45) is 1.82. The highest BCUT2D eigenvalue weighted by Gasteiger charge is 2.07. The molecule has 0 radical (unpaired) electrons. The molecule has 0 aliphatic carbocycles. The quantitative estimate of drug-likeness (QED) is 0.580. The number of hydrogen-bond acceptors (Lipinski definition) is 3. The van der Waals surface area contributed by atoms with Crippen molar-refractivity contribution in [2.75, 3.05) is 0 Å². The fourth-order valence-corrected chi connectivity index (χ4v) is 2.59. The van der Waals surface area contributed by atoms with E-state index in [1.165, 1.54) is 12.1 Å². The Morgan fingerprint density at radius 3 is 2.33 bits per heavy atom. The second-order valence-electron chi connectivity index (χ2n) is 5.41. The first-order valence-corrected chi connectivity index (χ1v) is 8.11. The van der Waals surface area contributed by atoms with E-state index in [9.17, 15) is 10.1 Å². The van der Waals surface area contributed by atoms with Crippen molar-refractivity contribution in [1.82, 2.24) is 0 Å². The van der Waals surface area contributed by atoms with Crippen molar-refractivity contribution >= 4 is 33.5 Å². The summed E-state index contributed by atoms with van der Waals surface area (Å²) >= 11 is 3.47. The van der Waals surface area contributed by atoms with E-state index in [0.29, 0.717) is 11.1 Å². The normalized spacial score (nSPS) is 11.2. The largest absolute Gasteiger partial charge is 0.490 e. The molecule has 0 aliphatic heterocycles. The van der Waals surface area contributed by atoms with Crippen LogP contribution in [0.5, 0.6) is 5.75 Å². The molecule has 2 aromatic rings. The van der Waals surface area contributed by atoms with E-state index >= 15 is 0 Å². The average Bonchev–Trinajstić information content (AvgIpc) is 2.55. The van der Waals surface area contributed by atoms with Crippen molar-refractivity contribution in [3.63, 3.8) is 0 Å². The molecule has 0 fully saturated rings. The first kappa shape index (κ1) is 17.8. The van der Waals surface area contributed by atoms with Crippen molar-refractivity contribution in [2.24, 2.45) is 0 Å². The molecule has 0 aromatic heterocycles. The van der Waals surface area contributed by atoms with E-state index in [2.05, 4.69) is 22.0 Å². The molecule has 122 valence electrons. The number of hydrogen-bond donors (Lipinski definition) is 1. The summed E-state index contributed by atoms with van der Waals surface area (Å²) in [5.41, 5.74) is 2.16. The topological polar surface area (TPSA) is 70.3 Å². The fourth-order valence-electron chi connectivity index (χ4n) is 2.10. The molecule has 2 aromatic carbocycles. The lowest BCUT2D eigenvalue weighted by atomic mass is 10.0. The van der Waals surface area contributed by atoms with Gasteiger partial charge in [0.2, 0.25) is 0 Å². The Morgan fingerprint density at radius 1 is 1.21 bits per heavy atom. The smallest absolute Gasteiger partial charge is 0.335 e. The molecule has 0 amide bonds. The number of nitrogens with zero attached hydrogens (tertiary/aromatic N) is 1. The molecule has 4 nitrogen and oxygen atoms in total. The van der Waals surface area contributed by atoms with Gasteiger partial charge in [-0.15, -0.1) is 0 Å². The molecule has 1 N–H and O–H groups in total. The van der Waals surface area contributed by atoms with Gasteiger partial charge in [-0.05, 0) is 71.2 Å². The summed E-state index contributed by atoms with van der Waals surface area (Å²) in [5.74, 6) is -0.250. The molecule has 24 heavy (non-hydrogen) atoms. The van der Waals surface area contributed by atoms with Crippen LogP contribution in [-0.4, -0.2) is 17.2 Å². The van der Waals surface area contributed by atoms with Gasteiger partial charge in [0, 0.05) is 0 Å². The van der Waals surface area contributed by atoms with E-state index < -0.39 is 5.97 Å². The van der Waals surface area contributed by atoms with Crippen LogP contribution in [0.3, 0.4) is 0 Å². The zero-order valence-corrected chi connectivity index (χ0v) is 14.9. The Labute approximate surface area is 149 Å². The monoisotopic (exact) mass is 385 g/mol. The van der Waals surface area contributed by atoms with Crippen LogP contribution >= 0.6 is 15.9 Å². The molecule has 2 rings (SSSR count). The van der Waals surface area contributed by atoms with Gasteiger partial charge in [-0.25, -0.2) is 4.79 Å². The summed E-state index contributed by atoms with van der Waals surface area (Å²) in [6.45, 7) is 3.91. The number of carboxylic acids is 1. The van der Waals surface area contributed by atoms with Crippen LogP contribution in [0.15, 0.2) is 46.9 Å². The van der Waals surface area contributed by atoms with Gasteiger partial charge in [0.15, 0.2) is 0 Å². The summed E-state index contributed by atoms with van der Waals surface area (Å²) in [6, 6.07) is 14.0. The summed E-state index contributed by atoms with van der Waals surface area (Å²) in [7, 11) is 0. The lowest BCUT2D eigenvalue weighted by molar-refractivity contribution is 0.0697. The summed E-state index contributed by atoms with van der Waals surface area (Å²) in [4.78, 5) is 10.9. The SMILES string of the molecule is CC(C)Oc1ccc(C=C(C#N)c2ccc(C(=O)O)cc2)cc1Br. The number of carbonyl (C=O) groups is 1. The molecule has 0 unspecified atom stereocenters. The fraction of sp³-hybridized carbons (Fsp3) is 0.158. The van der Waals surface area contributed by atoms with E-state index in [-0.39, 0.29) is 11.7 Å². The predicted molar refractivity (Wildman–Crippen MR) is 96.8 cm³/mol. The van der Waals surface area contributed by atoms with Gasteiger partial charge in [-0.1, -0.05) is 18.2 Å². The van der Waals surface area contributed by atoms with Gasteiger partial charge in [-0.2, -0.15) is 5.26 Å². The lowest BCUT2D eigenvalue weighted by Crippen LogP contribution is -2.05. The van der Waals surface area contributed by atoms with Crippen molar-refractivity contribution < 1.29 is 14.6 Å². The number of ether oxygens (including phenoxy) is 1. The third-order valence-corrected chi connectivity index (χ3v) is 3.81. The minimum absolute atomic E-state index is 0.0742. The molecule has 0 saturated carbocycles. The second-order valence-corrected chi connectivity index (χ2v) is 6.26. The first-order valence-electron chi connectivity index (χ1n) is 7.32. The first-order chi connectivity index (χ1) is 11.4. The van der Waals surface area contributed by atoms with Crippen LogP contribution in [0.4, 0.5) is 0 Å². The predicted octanol–water partition coefficient (Wildman–Crippen LogP) is 5.00. The van der Waals surface area contributed by atoms with Crippen LogP contribution in [-0.2, 0) is 0 Å². The van der Waals surface area contributed by atoms with Crippen LogP contribution in [0.1, 0.15) is 35.3 Å². The zero-order valence-electron chi connectivity index (χ0n) is 13.3. The van der Waals surface area contributed by atoms with Crippen LogP contribution in [0.2, 0.25) is 0 Å². The Hall–Kier alpha value is -2.58. The highest BCUT2D eigenvalue weighted by molar-refractivity contribution is 9.10. The molecule has 0 saturated heterocycles. The molecular weight excluding hydrogens is 370 g/mol. The highest BCUT2D eigenvalue weighted by atomic mass is 79.9. The molecule has 5 heteroatoms. The van der Waals surface area contributed by atoms with E-state index in [1.807, 2.05) is 32.0 Å². The number of aromatic carboxylic acids is 1. The maximum Gasteiger partial charge on any atom is 0.335 e. The van der Waals surface area contributed by atoms with Gasteiger partial charge in [-0.3, -0.25) is 0 Å². The molecular formula is C19H16BrNO3. The summed E-state index contributed by atoms with van der Waals surface area (Å²) in [5, 5.41) is 18.3. The number of nitriles is 1. The number of benzene rings is 2. The molecule has 0 aliphatic rings. The van der Waals surface area contributed by atoms with Gasteiger partial charge in [0.1, 0.15) is 5.75 Å². The maximum atomic E-state index is 10.9. The van der Waals surface area contributed by atoms with E-state index in [1.54, 1.807) is 18.2 Å². The van der Waals surface area contributed by atoms with Crippen LogP contribution in [0.25, 0.3) is 11.6 Å². The van der Waals surface area contributed by atoms with E-state index in [0.717, 1.165) is 15.8 Å². The molecule has 0 heterocycles. The van der Waals surface area contributed by atoms with E-state index in [4.69, 9.17) is 9.84 Å². The number of rotatable bonds is 5. The van der Waals surface area contributed by atoms with Crippen molar-refractivity contribution in [3.05, 3.63) is 63.6 Å². The molecule has 0 spiro atoms. The Kier molecular flexibility index (Phi) is 5.78. The average molecular weight is 386 g/mol. The van der Waals surface area contributed by atoms with Crippen molar-refractivity contribution in [2.45, 2.75) is 20.0 Å². The third kappa shape index (κ3) is 4.46. The van der Waals surface area contributed by atoms with Crippen molar-refractivity contribution in [3.8, 4) is 11.8 Å². The summed E-state index contributed by atoms with van der Waals surface area (Å²) < 4.78 is 6.47. The Morgan fingerprint density at radius 2 is 1.83 bits per heavy atom. The standard InChI is InChI=1S/C19H16BrNO3/c1-12(2)24-18-8-3-13(10-17(18)20)9-16(11-21)14-4-6-15(7-5-14)19(22)23/h3-10,12H,1-2H3,(H,22,23). The Bertz CT molecular complexity index is 817. The maximum absolute atomic E-state index is 10.9. The minimum Gasteiger partial charge on any atom is -0.490 e. The zero-order chi connectivity index (χ0) is 17.7. The van der Waals surface area contributed by atoms with Gasteiger partial charge in [0.25, 0.3) is 0 Å². The second kappa shape index (κ2) is 7.80. The molecule has 0 bridgehead atoms. The molecule has 0 atom stereocenters. The van der Waals surface area contributed by atoms with Gasteiger partial charge in [0.05, 0.1) is 27.8 Å². The third-order valence-electron chi connectivity index (χ3n) is 3.19. The number of carboxylic acid groups (broad SMARTS) is 1.